The first-order valence-corrected chi connectivity index (χ1v) is 0. The van der Waals surface area contributed by atoms with Gasteiger partial charge in [-0.2, -0.15) is 0 Å². The molecular weight excluding hydrogens is 190 g/mol. The molecule has 0 aromatic heterocycles. The molecule has 0 unspecified atom stereocenters. The van der Waals surface area contributed by atoms with Crippen LogP contribution in [0.5, 0.6) is 0 Å². The summed E-state index contributed by atoms with van der Waals surface area (Å²) in [6, 6.07) is 0. The molecule has 0 saturated carbocycles. The summed E-state index contributed by atoms with van der Waals surface area (Å²) < 4.78 is 0. The number of halogens is 1. The van der Waals surface area contributed by atoms with Crippen LogP contribution in [0.15, 0.2) is 0 Å². The molecule has 65 valence electrons. The molecule has 12 N–H and O–H groups in total. The molecular formula is H12ClNiO6. The Morgan fingerprint density at radius 3 is 0.375 bits per heavy atom. The molecule has 0 spiro atoms. The van der Waals surface area contributed by atoms with Crippen LogP contribution in [0, 0.1) is 0 Å². The predicted molar refractivity (Wildman–Crippen MR) is 21.7 cm³/mol. The summed E-state index contributed by atoms with van der Waals surface area (Å²) in [6.07, 6.45) is 0. The Hall–Kier alpha value is 0.544. The fourth-order valence-electron chi connectivity index (χ4n) is 0. The van der Waals surface area contributed by atoms with Crippen LogP contribution < -0.4 is 12.4 Å². The van der Waals surface area contributed by atoms with Crippen LogP contribution in [0.1, 0.15) is 0 Å². The molecule has 0 atom stereocenters. The van der Waals surface area contributed by atoms with Crippen molar-refractivity contribution in [1.29, 1.82) is 0 Å². The molecule has 0 aromatic rings. The van der Waals surface area contributed by atoms with Crippen molar-refractivity contribution in [3.8, 4) is 0 Å². The second kappa shape index (κ2) is 1090. The fraction of sp³-hybridized carbons (Fsp3) is 0. The zero-order valence-electron chi connectivity index (χ0n) is 3.69. The topological polar surface area (TPSA) is 189 Å². The molecule has 0 aliphatic rings. The smallest absolute Gasteiger partial charge is 1.00 e. The Morgan fingerprint density at radius 2 is 0.375 bits per heavy atom. The Morgan fingerprint density at radius 1 is 0.375 bits per heavy atom. The van der Waals surface area contributed by atoms with E-state index in [1.807, 2.05) is 0 Å². The molecule has 8 heavy (non-hydrogen) atoms. The monoisotopic (exact) mass is 201 g/mol. The van der Waals surface area contributed by atoms with E-state index in [1.165, 1.54) is 0 Å². The van der Waals surface area contributed by atoms with E-state index in [4.69, 9.17) is 0 Å². The van der Waals surface area contributed by atoms with Gasteiger partial charge in [-0.05, 0) is 0 Å². The van der Waals surface area contributed by atoms with Crippen LogP contribution in [0.2, 0.25) is 0 Å². The van der Waals surface area contributed by atoms with E-state index in [2.05, 4.69) is 0 Å². The minimum absolute atomic E-state index is 0. The van der Waals surface area contributed by atoms with Gasteiger partial charge in [-0.25, -0.2) is 0 Å². The SMILES string of the molecule is O.O.O.O.O.O.[Cl-].[Ni+]. The first-order valence-electron chi connectivity index (χ1n) is 0. The summed E-state index contributed by atoms with van der Waals surface area (Å²) in [6.45, 7) is 0. The average molecular weight is 202 g/mol. The molecule has 0 heterocycles. The minimum atomic E-state index is 0. The second-order valence-corrected chi connectivity index (χ2v) is 0. The van der Waals surface area contributed by atoms with E-state index in [-0.39, 0.29) is 61.8 Å². The van der Waals surface area contributed by atoms with Gasteiger partial charge in [0.25, 0.3) is 0 Å². The molecule has 0 rings (SSSR count). The third kappa shape index (κ3) is 681. The molecule has 0 saturated heterocycles. The maximum atomic E-state index is 0. The maximum Gasteiger partial charge on any atom is 1.00 e. The minimum Gasteiger partial charge on any atom is -1.00 e. The van der Waals surface area contributed by atoms with Crippen LogP contribution in [0.25, 0.3) is 0 Å². The van der Waals surface area contributed by atoms with Crippen molar-refractivity contribution in [2.45, 2.75) is 0 Å². The van der Waals surface area contributed by atoms with Gasteiger partial charge in [-0.1, -0.05) is 0 Å². The van der Waals surface area contributed by atoms with Gasteiger partial charge in [0, 0.05) is 0 Å². The zero-order chi connectivity index (χ0) is 0. The first kappa shape index (κ1) is 1650. The van der Waals surface area contributed by atoms with Gasteiger partial charge in [-0.15, -0.1) is 0 Å². The molecule has 1 radical (unpaired) electrons. The quantitative estimate of drug-likeness (QED) is 0.337. The van der Waals surface area contributed by atoms with E-state index >= 15 is 0 Å². The van der Waals surface area contributed by atoms with Crippen LogP contribution in [-0.2, 0) is 16.5 Å². The van der Waals surface area contributed by atoms with Gasteiger partial charge in [-0.3, -0.25) is 0 Å². The van der Waals surface area contributed by atoms with E-state index in [0.717, 1.165) is 0 Å². The fourth-order valence-corrected chi connectivity index (χ4v) is 0. The zero-order valence-corrected chi connectivity index (χ0v) is 5.44. The van der Waals surface area contributed by atoms with Crippen molar-refractivity contribution in [3.63, 3.8) is 0 Å². The summed E-state index contributed by atoms with van der Waals surface area (Å²) >= 11 is 0. The largest absolute Gasteiger partial charge is 1.00 e. The molecule has 0 bridgehead atoms. The number of hydrogen-bond acceptors (Lipinski definition) is 0. The van der Waals surface area contributed by atoms with Crippen molar-refractivity contribution in [3.05, 3.63) is 0 Å². The molecule has 0 amide bonds. The summed E-state index contributed by atoms with van der Waals surface area (Å²) in [4.78, 5) is 0. The normalized spacial score (nSPS) is 0. The Balaban J connectivity index is 0. The van der Waals surface area contributed by atoms with Crippen molar-refractivity contribution in [2.24, 2.45) is 0 Å². The molecule has 0 aromatic carbocycles. The Bertz CT molecular complexity index is 8.49. The third-order valence-corrected chi connectivity index (χ3v) is 0. The van der Waals surface area contributed by atoms with Gasteiger partial charge >= 0.3 is 16.5 Å². The summed E-state index contributed by atoms with van der Waals surface area (Å²) in [5.74, 6) is 0. The predicted octanol–water partition coefficient (Wildman–Crippen LogP) is -7.95. The molecule has 0 fully saturated rings. The van der Waals surface area contributed by atoms with E-state index < -0.39 is 0 Å². The van der Waals surface area contributed by atoms with Gasteiger partial charge in [0.1, 0.15) is 0 Å². The van der Waals surface area contributed by atoms with Crippen molar-refractivity contribution >= 4 is 0 Å². The van der Waals surface area contributed by atoms with Gasteiger partial charge in [0.2, 0.25) is 0 Å². The van der Waals surface area contributed by atoms with Crippen molar-refractivity contribution in [2.75, 3.05) is 0 Å². The summed E-state index contributed by atoms with van der Waals surface area (Å²) in [7, 11) is 0. The third-order valence-electron chi connectivity index (χ3n) is 0. The van der Waals surface area contributed by atoms with Gasteiger partial charge in [0.15, 0.2) is 0 Å². The second-order valence-electron chi connectivity index (χ2n) is 0. The summed E-state index contributed by atoms with van der Waals surface area (Å²) in [5, 5.41) is 0. The Kier molecular flexibility index (Phi) is 225000. The number of rotatable bonds is 0. The van der Waals surface area contributed by atoms with Crippen molar-refractivity contribution in [1.82, 2.24) is 0 Å². The summed E-state index contributed by atoms with van der Waals surface area (Å²) in [5.41, 5.74) is 0. The average Bonchev–Trinajstić information content (AvgIpc) is 0. The van der Waals surface area contributed by atoms with Crippen LogP contribution in [0.3, 0.4) is 0 Å². The Labute approximate surface area is 62.5 Å². The molecule has 6 nitrogen and oxygen atoms in total. The van der Waals surface area contributed by atoms with Crippen molar-refractivity contribution < 1.29 is 61.8 Å². The van der Waals surface area contributed by atoms with Crippen LogP contribution >= 0.6 is 0 Å². The first-order chi connectivity index (χ1) is 0. The molecule has 8 heteroatoms. The van der Waals surface area contributed by atoms with E-state index in [9.17, 15) is 0 Å². The van der Waals surface area contributed by atoms with Crippen LogP contribution in [-0.4, -0.2) is 32.9 Å². The molecule has 0 aliphatic carbocycles. The van der Waals surface area contributed by atoms with Crippen LogP contribution in [0.4, 0.5) is 0 Å². The van der Waals surface area contributed by atoms with Gasteiger partial charge in [0.05, 0.1) is 0 Å². The maximum absolute atomic E-state index is 0. The standard InChI is InChI=1S/ClH.Ni.6H2O/h1H;;6*1H2/q;+1;;;;;;/p-1. The number of hydrogen-bond donors (Lipinski definition) is 0. The van der Waals surface area contributed by atoms with Gasteiger partial charge < -0.3 is 45.3 Å². The molecule has 0 aliphatic heterocycles. The van der Waals surface area contributed by atoms with E-state index in [1.54, 1.807) is 0 Å². The van der Waals surface area contributed by atoms with E-state index in [0.29, 0.717) is 0 Å².